The molecule has 1 saturated heterocycles. The maximum atomic E-state index is 12.3. The fraction of sp³-hybridized carbons (Fsp3) is 0.353. The number of rotatable bonds is 6. The van der Waals surface area contributed by atoms with Crippen molar-refractivity contribution in [2.45, 2.75) is 23.1 Å². The highest BCUT2D eigenvalue weighted by atomic mass is 35.5. The summed E-state index contributed by atoms with van der Waals surface area (Å²) >= 11 is 6.73. The molecule has 0 radical (unpaired) electrons. The molecule has 140 valence electrons. The third-order valence-electron chi connectivity index (χ3n) is 4.22. The number of carbonyl (C=O) groups is 1. The van der Waals surface area contributed by atoms with Crippen LogP contribution >= 0.6 is 22.9 Å². The molecule has 0 bridgehead atoms. The van der Waals surface area contributed by atoms with Crippen molar-refractivity contribution in [3.05, 3.63) is 46.8 Å². The summed E-state index contributed by atoms with van der Waals surface area (Å²) in [6, 6.07) is 13.2. The molecule has 2 N–H and O–H groups in total. The predicted molar refractivity (Wildman–Crippen MR) is 104 cm³/mol. The lowest BCUT2D eigenvalue weighted by molar-refractivity contribution is -0.130. The maximum Gasteiger partial charge on any atom is 0.250 e. The fourth-order valence-electron chi connectivity index (χ4n) is 2.83. The second-order valence-corrected chi connectivity index (χ2v) is 9.76. The molecule has 0 saturated carbocycles. The van der Waals surface area contributed by atoms with E-state index in [1.165, 1.54) is 12.1 Å². The summed E-state index contributed by atoms with van der Waals surface area (Å²) in [4.78, 5) is 14.0. The highest BCUT2D eigenvalue weighted by molar-refractivity contribution is 7.91. The molecule has 1 aromatic carbocycles. The number of likely N-dealkylation sites (tertiary alicyclic amines) is 1. The zero-order valence-electron chi connectivity index (χ0n) is 14.0. The van der Waals surface area contributed by atoms with E-state index in [1.54, 1.807) is 4.90 Å². The minimum atomic E-state index is -3.70. The summed E-state index contributed by atoms with van der Waals surface area (Å²) in [6.45, 7) is 0.973. The molecule has 1 aliphatic rings. The van der Waals surface area contributed by atoms with Crippen molar-refractivity contribution in [3.63, 3.8) is 0 Å². The molecule has 0 aliphatic carbocycles. The van der Waals surface area contributed by atoms with Gasteiger partial charge in [-0.05, 0) is 37.1 Å². The van der Waals surface area contributed by atoms with Crippen LogP contribution in [0.1, 0.15) is 12.8 Å². The van der Waals surface area contributed by atoms with E-state index in [9.17, 15) is 13.2 Å². The standard InChI is InChI=1S/C17H20ClN3O3S2/c18-15-6-7-17(25-15)26(23,24)19-12-16(22)21-10-8-14(9-11-21)20-13-4-2-1-3-5-13/h1-7,14,19-20H,8-12H2. The summed E-state index contributed by atoms with van der Waals surface area (Å²) in [7, 11) is -3.70. The van der Waals surface area contributed by atoms with Crippen LogP contribution in [0, 0.1) is 0 Å². The van der Waals surface area contributed by atoms with Gasteiger partial charge in [-0.25, -0.2) is 13.1 Å². The number of nitrogens with zero attached hydrogens (tertiary/aromatic N) is 1. The van der Waals surface area contributed by atoms with Crippen LogP contribution < -0.4 is 10.0 Å². The first-order valence-corrected chi connectivity index (χ1v) is 11.0. The fourth-order valence-corrected chi connectivity index (χ4v) is 5.33. The molecule has 0 atom stereocenters. The lowest BCUT2D eigenvalue weighted by atomic mass is 10.0. The van der Waals surface area contributed by atoms with E-state index in [1.807, 2.05) is 30.3 Å². The van der Waals surface area contributed by atoms with Gasteiger partial charge in [0.2, 0.25) is 5.91 Å². The average molecular weight is 414 g/mol. The van der Waals surface area contributed by atoms with Crippen LogP contribution in [0.4, 0.5) is 5.69 Å². The van der Waals surface area contributed by atoms with Crippen molar-refractivity contribution in [2.75, 3.05) is 25.0 Å². The van der Waals surface area contributed by atoms with E-state index in [0.717, 1.165) is 29.9 Å². The molecule has 2 heterocycles. The Labute approximate surface area is 162 Å². The second-order valence-electron chi connectivity index (χ2n) is 6.05. The highest BCUT2D eigenvalue weighted by Gasteiger charge is 2.24. The lowest BCUT2D eigenvalue weighted by Gasteiger charge is -2.33. The van der Waals surface area contributed by atoms with Crippen molar-refractivity contribution in [2.24, 2.45) is 0 Å². The maximum absolute atomic E-state index is 12.3. The Hall–Kier alpha value is -1.61. The van der Waals surface area contributed by atoms with Crippen LogP contribution in [-0.2, 0) is 14.8 Å². The first-order valence-electron chi connectivity index (χ1n) is 8.28. The number of para-hydroxylation sites is 1. The van der Waals surface area contributed by atoms with Crippen LogP contribution in [0.3, 0.4) is 0 Å². The number of halogens is 1. The van der Waals surface area contributed by atoms with Gasteiger partial charge >= 0.3 is 0 Å². The topological polar surface area (TPSA) is 78.5 Å². The minimum Gasteiger partial charge on any atom is -0.382 e. The molecule has 0 unspecified atom stereocenters. The van der Waals surface area contributed by atoms with Crippen LogP contribution in [0.5, 0.6) is 0 Å². The zero-order valence-corrected chi connectivity index (χ0v) is 16.4. The number of thiophene rings is 1. The molecule has 0 spiro atoms. The summed E-state index contributed by atoms with van der Waals surface area (Å²) < 4.78 is 27.2. The van der Waals surface area contributed by atoms with Crippen LogP contribution in [-0.4, -0.2) is 44.9 Å². The lowest BCUT2D eigenvalue weighted by Crippen LogP contribution is -2.46. The number of hydrogen-bond donors (Lipinski definition) is 2. The summed E-state index contributed by atoms with van der Waals surface area (Å²) in [5.41, 5.74) is 1.07. The second kappa shape index (κ2) is 8.39. The number of benzene rings is 1. The van der Waals surface area contributed by atoms with Crippen molar-refractivity contribution in [1.29, 1.82) is 0 Å². The van der Waals surface area contributed by atoms with Crippen LogP contribution in [0.2, 0.25) is 4.34 Å². The van der Waals surface area contributed by atoms with Gasteiger partial charge in [-0.2, -0.15) is 0 Å². The van der Waals surface area contributed by atoms with Gasteiger partial charge in [0.1, 0.15) is 4.21 Å². The Balaban J connectivity index is 1.46. The molecular formula is C17H20ClN3O3S2. The SMILES string of the molecule is O=C(CNS(=O)(=O)c1ccc(Cl)s1)N1CCC(Nc2ccccc2)CC1. The van der Waals surface area contributed by atoms with E-state index in [4.69, 9.17) is 11.6 Å². The van der Waals surface area contributed by atoms with Gasteiger partial charge in [0.25, 0.3) is 10.0 Å². The van der Waals surface area contributed by atoms with Gasteiger partial charge < -0.3 is 10.2 Å². The minimum absolute atomic E-state index is 0.112. The van der Waals surface area contributed by atoms with Crippen molar-refractivity contribution in [1.82, 2.24) is 9.62 Å². The molecule has 3 rings (SSSR count). The number of carbonyl (C=O) groups excluding carboxylic acids is 1. The van der Waals surface area contributed by atoms with Gasteiger partial charge in [0, 0.05) is 24.8 Å². The van der Waals surface area contributed by atoms with E-state index < -0.39 is 10.0 Å². The Kier molecular flexibility index (Phi) is 6.18. The third-order valence-corrected chi connectivity index (χ3v) is 7.34. The number of piperidine rings is 1. The molecule has 9 heteroatoms. The van der Waals surface area contributed by atoms with E-state index >= 15 is 0 Å². The summed E-state index contributed by atoms with van der Waals surface area (Å²) in [5.74, 6) is -0.214. The summed E-state index contributed by atoms with van der Waals surface area (Å²) in [6.07, 6.45) is 1.65. The molecule has 2 aromatic rings. The Morgan fingerprint density at radius 1 is 1.15 bits per heavy atom. The molecule has 6 nitrogen and oxygen atoms in total. The molecular weight excluding hydrogens is 394 g/mol. The van der Waals surface area contributed by atoms with Crippen LogP contribution in [0.15, 0.2) is 46.7 Å². The molecule has 1 aromatic heterocycles. The molecule has 1 fully saturated rings. The predicted octanol–water partition coefficient (Wildman–Crippen LogP) is 2.78. The number of nitrogens with one attached hydrogen (secondary N) is 2. The number of sulfonamides is 1. The zero-order chi connectivity index (χ0) is 18.6. The average Bonchev–Trinajstić information content (AvgIpc) is 3.09. The van der Waals surface area contributed by atoms with E-state index in [-0.39, 0.29) is 16.7 Å². The van der Waals surface area contributed by atoms with Gasteiger partial charge in [0.15, 0.2) is 0 Å². The van der Waals surface area contributed by atoms with Gasteiger partial charge in [-0.15, -0.1) is 11.3 Å². The quantitative estimate of drug-likeness (QED) is 0.763. The van der Waals surface area contributed by atoms with Gasteiger partial charge in [0.05, 0.1) is 10.9 Å². The Bertz CT molecular complexity index is 847. The smallest absolute Gasteiger partial charge is 0.250 e. The first kappa shape index (κ1) is 19.2. The summed E-state index contributed by atoms with van der Waals surface area (Å²) in [5, 5.41) is 3.46. The van der Waals surface area contributed by atoms with Crippen molar-refractivity contribution in [3.8, 4) is 0 Å². The van der Waals surface area contributed by atoms with Crippen LogP contribution in [0.25, 0.3) is 0 Å². The van der Waals surface area contributed by atoms with Crippen molar-refractivity contribution >= 4 is 44.6 Å². The molecule has 1 amide bonds. The van der Waals surface area contributed by atoms with Crippen molar-refractivity contribution < 1.29 is 13.2 Å². The largest absolute Gasteiger partial charge is 0.382 e. The number of amides is 1. The molecule has 26 heavy (non-hydrogen) atoms. The van der Waals surface area contributed by atoms with Gasteiger partial charge in [-0.1, -0.05) is 29.8 Å². The Morgan fingerprint density at radius 2 is 1.85 bits per heavy atom. The van der Waals surface area contributed by atoms with Gasteiger partial charge in [-0.3, -0.25) is 4.79 Å². The Morgan fingerprint density at radius 3 is 2.46 bits per heavy atom. The van der Waals surface area contributed by atoms with E-state index in [0.29, 0.717) is 23.5 Å². The third kappa shape index (κ3) is 4.97. The van der Waals surface area contributed by atoms with E-state index in [2.05, 4.69) is 10.0 Å². The number of hydrogen-bond acceptors (Lipinski definition) is 5. The first-order chi connectivity index (χ1) is 12.4. The highest BCUT2D eigenvalue weighted by Crippen LogP contribution is 2.25. The normalized spacial score (nSPS) is 15.8. The molecule has 1 aliphatic heterocycles. The number of anilines is 1. The monoisotopic (exact) mass is 413 g/mol.